The maximum Gasteiger partial charge on any atom is 0.0541 e. The number of rotatable bonds is 11. The smallest absolute Gasteiger partial charge is 0.0541 e. The molecule has 1 heterocycles. The first-order valence-corrected chi connectivity index (χ1v) is 18.5. The molecule has 0 amide bonds. The Morgan fingerprint density at radius 1 is 0.577 bits per heavy atom. The van der Waals surface area contributed by atoms with Crippen molar-refractivity contribution in [2.45, 2.75) is 32.7 Å². The fraction of sp³-hybridized carbons (Fsp3) is 0.120. The average molecular weight is 673 g/mol. The molecule has 52 heavy (non-hydrogen) atoms. The van der Waals surface area contributed by atoms with E-state index in [1.807, 2.05) is 0 Å². The van der Waals surface area contributed by atoms with E-state index >= 15 is 0 Å². The summed E-state index contributed by atoms with van der Waals surface area (Å²) in [5, 5.41) is 5.18. The number of fused-ring (bicyclic) bond motifs is 4. The molecule has 0 unspecified atom stereocenters. The van der Waals surface area contributed by atoms with E-state index in [4.69, 9.17) is 0 Å². The molecule has 2 nitrogen and oxygen atoms in total. The van der Waals surface area contributed by atoms with Crippen LogP contribution in [0.15, 0.2) is 182 Å². The van der Waals surface area contributed by atoms with Crippen molar-refractivity contribution in [2.24, 2.45) is 0 Å². The normalized spacial score (nSPS) is 12.2. The summed E-state index contributed by atoms with van der Waals surface area (Å²) in [5.41, 5.74) is 12.7. The number of benzene rings is 7. The van der Waals surface area contributed by atoms with Crippen LogP contribution in [-0.2, 0) is 6.54 Å². The van der Waals surface area contributed by atoms with E-state index in [0.29, 0.717) is 0 Å². The van der Waals surface area contributed by atoms with Crippen LogP contribution in [0.5, 0.6) is 0 Å². The second kappa shape index (κ2) is 15.0. The van der Waals surface area contributed by atoms with Crippen LogP contribution >= 0.6 is 0 Å². The quantitative estimate of drug-likeness (QED) is 0.124. The largest absolute Gasteiger partial charge is 0.370 e. The average Bonchev–Trinajstić information content (AvgIpc) is 3.54. The van der Waals surface area contributed by atoms with E-state index in [2.05, 4.69) is 205 Å². The van der Waals surface area contributed by atoms with Gasteiger partial charge in [0.25, 0.3) is 0 Å². The molecule has 254 valence electrons. The Kier molecular flexibility index (Phi) is 9.54. The van der Waals surface area contributed by atoms with E-state index in [9.17, 15) is 0 Å². The van der Waals surface area contributed by atoms with Crippen molar-refractivity contribution in [1.82, 2.24) is 9.47 Å². The number of unbranched alkanes of at least 4 members (excludes halogenated alkanes) is 1. The van der Waals surface area contributed by atoms with Gasteiger partial charge in [-0.3, -0.25) is 0 Å². The molecule has 8 rings (SSSR count). The molecule has 2 heteroatoms. The summed E-state index contributed by atoms with van der Waals surface area (Å²) < 4.78 is 2.39. The van der Waals surface area contributed by atoms with Gasteiger partial charge in [0.2, 0.25) is 0 Å². The predicted octanol–water partition coefficient (Wildman–Crippen LogP) is 13.4. The van der Waals surface area contributed by atoms with Crippen molar-refractivity contribution in [3.8, 4) is 16.8 Å². The molecule has 0 aliphatic carbocycles. The Hall–Kier alpha value is -6.12. The van der Waals surface area contributed by atoms with E-state index < -0.39 is 0 Å². The van der Waals surface area contributed by atoms with Gasteiger partial charge in [0, 0.05) is 35.7 Å². The van der Waals surface area contributed by atoms with Crippen LogP contribution in [0.4, 0.5) is 0 Å². The van der Waals surface area contributed by atoms with Crippen molar-refractivity contribution in [3.63, 3.8) is 0 Å². The lowest BCUT2D eigenvalue weighted by Gasteiger charge is -2.24. The maximum absolute atomic E-state index is 2.43. The Morgan fingerprint density at radius 2 is 1.21 bits per heavy atom. The summed E-state index contributed by atoms with van der Waals surface area (Å²) in [6.07, 6.45) is 7.84. The van der Waals surface area contributed by atoms with Gasteiger partial charge in [0.1, 0.15) is 0 Å². The zero-order valence-corrected chi connectivity index (χ0v) is 30.0. The van der Waals surface area contributed by atoms with E-state index in [1.54, 1.807) is 0 Å². The Labute approximate surface area is 307 Å². The lowest BCUT2D eigenvalue weighted by molar-refractivity contribution is 0.475. The minimum Gasteiger partial charge on any atom is -0.370 e. The molecule has 0 bridgehead atoms. The van der Waals surface area contributed by atoms with Crippen LogP contribution in [0.3, 0.4) is 0 Å². The van der Waals surface area contributed by atoms with Crippen LogP contribution in [0, 0.1) is 0 Å². The third-order valence-electron chi connectivity index (χ3n) is 10.4. The minimum absolute atomic E-state index is 0.857. The van der Waals surface area contributed by atoms with Gasteiger partial charge in [-0.1, -0.05) is 158 Å². The number of hydrogen-bond donors (Lipinski definition) is 0. The lowest BCUT2D eigenvalue weighted by atomic mass is 9.96. The van der Waals surface area contributed by atoms with Gasteiger partial charge in [0.15, 0.2) is 0 Å². The van der Waals surface area contributed by atoms with Gasteiger partial charge < -0.3 is 9.47 Å². The van der Waals surface area contributed by atoms with E-state index in [1.165, 1.54) is 77.4 Å². The van der Waals surface area contributed by atoms with Gasteiger partial charge >= 0.3 is 0 Å². The Morgan fingerprint density at radius 3 is 1.94 bits per heavy atom. The van der Waals surface area contributed by atoms with Crippen molar-refractivity contribution in [1.29, 1.82) is 0 Å². The third kappa shape index (κ3) is 6.68. The lowest BCUT2D eigenvalue weighted by Crippen LogP contribution is -2.16. The second-order valence-electron chi connectivity index (χ2n) is 13.7. The summed E-state index contributed by atoms with van der Waals surface area (Å²) in [6, 6.07) is 61.6. The Balaban J connectivity index is 0.977. The fourth-order valence-electron chi connectivity index (χ4n) is 7.76. The number of allylic oxidation sites excluding steroid dienone is 3. The Bertz CT molecular complexity index is 2470. The molecule has 0 N–H and O–H groups in total. The summed E-state index contributed by atoms with van der Waals surface area (Å²) >= 11 is 0. The summed E-state index contributed by atoms with van der Waals surface area (Å²) in [5.74, 6) is 0. The molecule has 7 aromatic carbocycles. The molecule has 8 aromatic rings. The summed E-state index contributed by atoms with van der Waals surface area (Å²) in [7, 11) is 2.22. The van der Waals surface area contributed by atoms with Gasteiger partial charge in [-0.15, -0.1) is 0 Å². The topological polar surface area (TPSA) is 8.17 Å². The highest BCUT2D eigenvalue weighted by Gasteiger charge is 2.13. The van der Waals surface area contributed by atoms with Crippen molar-refractivity contribution < 1.29 is 0 Å². The number of nitrogens with zero attached hydrogens (tertiary/aromatic N) is 2. The van der Waals surface area contributed by atoms with Crippen molar-refractivity contribution in [2.75, 3.05) is 7.05 Å². The first kappa shape index (κ1) is 33.0. The maximum atomic E-state index is 2.43. The molecule has 0 atom stereocenters. The van der Waals surface area contributed by atoms with E-state index in [0.717, 1.165) is 25.8 Å². The van der Waals surface area contributed by atoms with Crippen LogP contribution in [0.2, 0.25) is 0 Å². The molecular formula is C50H44N2. The number of hydrogen-bond acceptors (Lipinski definition) is 1. The number of aromatic nitrogens is 1. The number of para-hydroxylation sites is 2. The minimum atomic E-state index is 0.857. The molecule has 0 aliphatic heterocycles. The standard InChI is InChI=1S/C50H44N2/c1-3-37(17-8-12-28-48(41-19-5-4-6-20-41)51(2)36-43-23-15-21-40-18-7-9-25-45(40)43)38-31-33-39(34-32-38)42-22-16-24-44(35-42)52-49-29-13-10-26-46(49)47-27-11-14-30-50(47)52/h3-7,9-11,13-16,18-35H,8,12,17,36H2,1-2H3/b37-3+,48-28-. The summed E-state index contributed by atoms with van der Waals surface area (Å²) in [4.78, 5) is 2.41. The molecule has 0 radical (unpaired) electrons. The van der Waals surface area contributed by atoms with Crippen LogP contribution < -0.4 is 0 Å². The molecular weight excluding hydrogens is 629 g/mol. The molecule has 0 saturated heterocycles. The molecule has 0 fully saturated rings. The van der Waals surface area contributed by atoms with Crippen LogP contribution in [0.1, 0.15) is 42.9 Å². The molecule has 0 aliphatic rings. The fourth-order valence-corrected chi connectivity index (χ4v) is 7.76. The predicted molar refractivity (Wildman–Crippen MR) is 224 cm³/mol. The zero-order valence-electron chi connectivity index (χ0n) is 30.0. The molecule has 0 spiro atoms. The van der Waals surface area contributed by atoms with Crippen LogP contribution in [0.25, 0.3) is 60.7 Å². The first-order chi connectivity index (χ1) is 25.7. The summed E-state index contributed by atoms with van der Waals surface area (Å²) in [6.45, 7) is 3.03. The monoisotopic (exact) mass is 672 g/mol. The first-order valence-electron chi connectivity index (χ1n) is 18.5. The van der Waals surface area contributed by atoms with Crippen molar-refractivity contribution in [3.05, 3.63) is 199 Å². The highest BCUT2D eigenvalue weighted by Crippen LogP contribution is 2.34. The molecule has 1 aromatic heterocycles. The molecule has 0 saturated carbocycles. The van der Waals surface area contributed by atoms with Crippen LogP contribution in [-0.4, -0.2) is 16.5 Å². The zero-order chi connectivity index (χ0) is 35.3. The third-order valence-corrected chi connectivity index (χ3v) is 10.4. The highest BCUT2D eigenvalue weighted by molar-refractivity contribution is 6.09. The van der Waals surface area contributed by atoms with Gasteiger partial charge in [-0.2, -0.15) is 0 Å². The second-order valence-corrected chi connectivity index (χ2v) is 13.7. The van der Waals surface area contributed by atoms with Crippen molar-refractivity contribution >= 4 is 43.8 Å². The van der Waals surface area contributed by atoms with E-state index in [-0.39, 0.29) is 0 Å². The SMILES string of the molecule is C/C=C(\CCC/C=C(/c1ccccc1)N(C)Cc1cccc2ccccc12)c1ccc(-c2cccc(-n3c4ccccc4c4ccccc43)c2)cc1. The van der Waals surface area contributed by atoms with Gasteiger partial charge in [-0.25, -0.2) is 0 Å². The van der Waals surface area contributed by atoms with Gasteiger partial charge in [-0.05, 0) is 94.6 Å². The highest BCUT2D eigenvalue weighted by atomic mass is 15.1. The van der Waals surface area contributed by atoms with Gasteiger partial charge in [0.05, 0.1) is 11.0 Å².